The van der Waals surface area contributed by atoms with E-state index in [0.717, 1.165) is 26.5 Å². The van der Waals surface area contributed by atoms with Gasteiger partial charge in [-0.15, -0.1) is 0 Å². The first-order valence-electron chi connectivity index (χ1n) is 13.8. The third kappa shape index (κ3) is 5.54. The van der Waals surface area contributed by atoms with Gasteiger partial charge in [-0.2, -0.15) is 17.2 Å². The van der Waals surface area contributed by atoms with Crippen molar-refractivity contribution >= 4 is 70.2 Å². The van der Waals surface area contributed by atoms with Crippen LogP contribution in [0.1, 0.15) is 53.3 Å². The number of carbonyl (C=O) groups is 2. The van der Waals surface area contributed by atoms with Gasteiger partial charge in [-0.1, -0.05) is 54.2 Å². The number of fused-ring (bicyclic) bond motifs is 4. The molecule has 2 aliphatic rings. The normalized spacial score (nSPS) is 18.2. The molecule has 2 atom stereocenters. The van der Waals surface area contributed by atoms with E-state index in [2.05, 4.69) is 60.0 Å². The Hall–Kier alpha value is -3.88. The molecule has 3 aromatic carbocycles. The molecule has 1 aromatic heterocycles. The van der Waals surface area contributed by atoms with E-state index in [-0.39, 0.29) is 6.42 Å². The van der Waals surface area contributed by atoms with Crippen molar-refractivity contribution in [1.29, 1.82) is 0 Å². The van der Waals surface area contributed by atoms with Gasteiger partial charge in [-0.25, -0.2) is 0 Å². The monoisotopic (exact) mass is 583 g/mol. The van der Waals surface area contributed by atoms with Gasteiger partial charge < -0.3 is 14.7 Å². The van der Waals surface area contributed by atoms with E-state index in [1.165, 1.54) is 53.1 Å². The number of para-hydroxylation sites is 1. The van der Waals surface area contributed by atoms with Gasteiger partial charge in [0, 0.05) is 35.2 Å². The molecule has 8 heteroatoms. The number of carboxylic acid groups (broad SMARTS) is 1. The fraction of sp³-hybridized carbons (Fsp3) is 0.242. The Labute approximate surface area is 248 Å². The predicted molar refractivity (Wildman–Crippen MR) is 167 cm³/mol. The van der Waals surface area contributed by atoms with Crippen LogP contribution in [0.2, 0.25) is 0 Å². The molecule has 1 N–H and O–H groups in total. The first-order chi connectivity index (χ1) is 20.1. The van der Waals surface area contributed by atoms with Crippen molar-refractivity contribution in [2.45, 2.75) is 49.9 Å². The number of carboxylic acids is 1. The number of nitrogens with zero attached hydrogens (tertiary/aromatic N) is 2. The molecule has 208 valence electrons. The number of allylic oxidation sites excluding steroid dienone is 1. The Balaban J connectivity index is 1.31. The molecule has 0 radical (unpaired) electrons. The quantitative estimate of drug-likeness (QED) is 0.0685. The van der Waals surface area contributed by atoms with Crippen LogP contribution in [0.5, 0.6) is 0 Å². The van der Waals surface area contributed by atoms with E-state index < -0.39 is 5.97 Å². The van der Waals surface area contributed by atoms with Crippen molar-refractivity contribution in [3.8, 4) is 0 Å². The van der Waals surface area contributed by atoms with Crippen LogP contribution in [0.3, 0.4) is 0 Å². The predicted octanol–water partition coefficient (Wildman–Crippen LogP) is 7.11. The summed E-state index contributed by atoms with van der Waals surface area (Å²) in [6, 6.07) is 23.6. The molecule has 2 unspecified atom stereocenters. The van der Waals surface area contributed by atoms with Crippen molar-refractivity contribution in [3.05, 3.63) is 100 Å². The molecule has 6 nitrogen and oxygen atoms in total. The molecule has 1 saturated carbocycles. The van der Waals surface area contributed by atoms with Crippen molar-refractivity contribution in [3.63, 3.8) is 0 Å². The maximum absolute atomic E-state index is 11.4. The number of aryl methyl sites for hydroxylation is 1. The molecule has 4 aromatic rings. The van der Waals surface area contributed by atoms with E-state index in [1.807, 2.05) is 34.9 Å². The smallest absolute Gasteiger partial charge is 0.309 e. The highest BCUT2D eigenvalue weighted by Gasteiger charge is 2.42. The van der Waals surface area contributed by atoms with Crippen molar-refractivity contribution in [2.75, 3.05) is 4.90 Å². The molecule has 0 saturated heterocycles. The van der Waals surface area contributed by atoms with Gasteiger partial charge in [0.05, 0.1) is 6.08 Å². The number of anilines is 2. The first kappa shape index (κ1) is 27.3. The van der Waals surface area contributed by atoms with Crippen molar-refractivity contribution < 1.29 is 24.0 Å². The number of aliphatic carboxylic acids is 1. The molecule has 0 spiro atoms. The number of benzene rings is 3. The Bertz CT molecular complexity index is 1660. The number of rotatable bonds is 10. The zero-order chi connectivity index (χ0) is 28.3. The van der Waals surface area contributed by atoms with Gasteiger partial charge in [0.25, 0.3) is 11.5 Å². The van der Waals surface area contributed by atoms with Gasteiger partial charge in [-0.3, -0.25) is 9.59 Å². The highest BCUT2D eigenvalue weighted by Crippen LogP contribution is 2.52. The Morgan fingerprint density at radius 3 is 2.73 bits per heavy atom. The molecule has 6 rings (SSSR count). The van der Waals surface area contributed by atoms with Gasteiger partial charge >= 0.3 is 5.97 Å². The third-order valence-corrected chi connectivity index (χ3v) is 9.47. The lowest BCUT2D eigenvalue weighted by Gasteiger charge is -2.27. The second-order valence-electron chi connectivity index (χ2n) is 10.4. The largest absolute Gasteiger partial charge is 0.481 e. The average molecular weight is 584 g/mol. The van der Waals surface area contributed by atoms with E-state index in [4.69, 9.17) is 4.74 Å². The topological polar surface area (TPSA) is 70.7 Å². The van der Waals surface area contributed by atoms with Crippen LogP contribution in [-0.4, -0.2) is 23.6 Å². The van der Waals surface area contributed by atoms with E-state index in [1.54, 1.807) is 12.2 Å². The first-order valence-corrected chi connectivity index (χ1v) is 15.3. The summed E-state index contributed by atoms with van der Waals surface area (Å²) < 4.78 is 8.35. The number of thiazole rings is 1. The van der Waals surface area contributed by atoms with Crippen LogP contribution in [0.25, 0.3) is 22.4 Å². The van der Waals surface area contributed by atoms with Gasteiger partial charge in [0.15, 0.2) is 6.54 Å². The summed E-state index contributed by atoms with van der Waals surface area (Å²) in [6.45, 7) is 0.748. The zero-order valence-corrected chi connectivity index (χ0v) is 24.2. The highest BCUT2D eigenvalue weighted by atomic mass is 32.1. The number of hydrogen-bond donors (Lipinski definition) is 2. The fourth-order valence-corrected chi connectivity index (χ4v) is 7.49. The summed E-state index contributed by atoms with van der Waals surface area (Å²) >= 11 is 5.94. The molecule has 1 aliphatic heterocycles. The van der Waals surface area contributed by atoms with Crippen LogP contribution in [0.4, 0.5) is 11.4 Å². The molecular formula is C33H31N2O4S2+. The summed E-state index contributed by atoms with van der Waals surface area (Å²) in [4.78, 5) is 25.2. The van der Waals surface area contributed by atoms with Crippen molar-refractivity contribution in [2.24, 2.45) is 0 Å². The summed E-state index contributed by atoms with van der Waals surface area (Å²) in [5.74, 6) is 0.756. The SMILES string of the molecule is O=COC(/C=C\c1ccc2c(c1)C1CCCC1N2c1ccc(CS)cc1)=C\c1sc2ccccc2[n+]1CCC(=O)O. The molecule has 1 fully saturated rings. The van der Waals surface area contributed by atoms with Crippen LogP contribution in [-0.2, 0) is 26.6 Å². The Morgan fingerprint density at radius 2 is 1.95 bits per heavy atom. The van der Waals surface area contributed by atoms with E-state index in [9.17, 15) is 14.7 Å². The van der Waals surface area contributed by atoms with Crippen LogP contribution in [0.15, 0.2) is 78.6 Å². The minimum absolute atomic E-state index is 0.000413. The highest BCUT2D eigenvalue weighted by molar-refractivity contribution is 7.79. The molecule has 0 bridgehead atoms. The lowest BCUT2D eigenvalue weighted by atomic mass is 9.96. The summed E-state index contributed by atoms with van der Waals surface area (Å²) in [6.07, 6.45) is 9.15. The van der Waals surface area contributed by atoms with Crippen LogP contribution >= 0.6 is 24.0 Å². The lowest BCUT2D eigenvalue weighted by molar-refractivity contribution is -0.667. The average Bonchev–Trinajstić information content (AvgIpc) is 3.67. The van der Waals surface area contributed by atoms with Crippen LogP contribution < -0.4 is 9.47 Å². The Morgan fingerprint density at radius 1 is 1.12 bits per heavy atom. The molecule has 2 heterocycles. The molecule has 1 aliphatic carbocycles. The summed E-state index contributed by atoms with van der Waals surface area (Å²) in [5, 5.41) is 10.1. The number of thiol groups is 1. The van der Waals surface area contributed by atoms with Gasteiger partial charge in [-0.05, 0) is 65.9 Å². The summed E-state index contributed by atoms with van der Waals surface area (Å²) in [7, 11) is 0. The second kappa shape index (κ2) is 11.9. The molecular weight excluding hydrogens is 553 g/mol. The zero-order valence-electron chi connectivity index (χ0n) is 22.5. The standard InChI is InChI=1S/C33H30N2O4S2/c36-21-39-25(19-32-34(17-16-33(37)38)30-5-1-2-7-31(30)41-32)14-10-22-11-15-29-27(18-22)26-4-3-6-28(26)35(29)24-12-8-23(20-40)9-13-24/h1-2,5,7-15,18-19,21,26,28H,3-4,6,16-17,20H2,(H-,37,38,40)/p+1. The number of ether oxygens (including phenoxy) is 1. The number of aromatic nitrogens is 1. The van der Waals surface area contributed by atoms with Crippen LogP contribution in [0, 0.1) is 0 Å². The fourth-order valence-electron chi connectivity index (χ4n) is 6.15. The van der Waals surface area contributed by atoms with E-state index in [0.29, 0.717) is 30.7 Å². The summed E-state index contributed by atoms with van der Waals surface area (Å²) in [5.41, 5.74) is 7.06. The maximum Gasteiger partial charge on any atom is 0.309 e. The minimum Gasteiger partial charge on any atom is -0.481 e. The minimum atomic E-state index is -0.860. The van der Waals surface area contributed by atoms with Gasteiger partial charge in [0.1, 0.15) is 16.9 Å². The number of carbonyl (C=O) groups excluding carboxylic acids is 1. The second-order valence-corrected chi connectivity index (χ2v) is 11.8. The maximum atomic E-state index is 11.4. The Kier molecular flexibility index (Phi) is 7.94. The molecule has 41 heavy (non-hydrogen) atoms. The van der Waals surface area contributed by atoms with Gasteiger partial charge in [0.2, 0.25) is 5.52 Å². The third-order valence-electron chi connectivity index (χ3n) is 7.99. The lowest BCUT2D eigenvalue weighted by Crippen LogP contribution is -2.36. The molecule has 0 amide bonds. The van der Waals surface area contributed by atoms with Crippen molar-refractivity contribution in [1.82, 2.24) is 0 Å². The number of hydrogen-bond acceptors (Lipinski definition) is 6. The van der Waals surface area contributed by atoms with E-state index >= 15 is 0 Å².